The fraction of sp³-hybridized carbons (Fsp3) is 0.579. The number of hydrogen-bond donors (Lipinski definition) is 1. The van der Waals surface area contributed by atoms with Crippen molar-refractivity contribution in [3.8, 4) is 0 Å². The normalized spacial score (nSPS) is 12.5. The van der Waals surface area contributed by atoms with Gasteiger partial charge in [-0.15, -0.1) is 0 Å². The molecule has 1 heteroatoms. The average molecular weight is 271 g/mol. The Labute approximate surface area is 123 Å². The van der Waals surface area contributed by atoms with E-state index in [9.17, 15) is 0 Å². The molecule has 0 atom stereocenters. The Morgan fingerprint density at radius 1 is 0.950 bits per heavy atom. The Morgan fingerprint density at radius 3 is 2.15 bits per heavy atom. The van der Waals surface area contributed by atoms with Crippen molar-refractivity contribution in [2.24, 2.45) is 17.8 Å². The number of rotatable bonds is 5. The molecule has 0 amide bonds. The van der Waals surface area contributed by atoms with E-state index in [1.54, 1.807) is 0 Å². The zero-order valence-electron chi connectivity index (χ0n) is 13.8. The van der Waals surface area contributed by atoms with E-state index < -0.39 is 0 Å². The van der Waals surface area contributed by atoms with Gasteiger partial charge < -0.3 is 4.98 Å². The predicted octanol–water partition coefficient (Wildman–Crippen LogP) is 5.76. The molecular formula is C19H29N. The van der Waals surface area contributed by atoms with Crippen molar-refractivity contribution in [1.29, 1.82) is 0 Å². The molecule has 0 saturated heterocycles. The minimum absolute atomic E-state index is 0.591. The van der Waals surface area contributed by atoms with E-state index in [2.05, 4.69) is 70.9 Å². The third-order valence-electron chi connectivity index (χ3n) is 4.63. The number of aromatic amines is 1. The number of benzene rings is 1. The van der Waals surface area contributed by atoms with Crippen molar-refractivity contribution < 1.29 is 0 Å². The van der Waals surface area contributed by atoms with Gasteiger partial charge in [-0.2, -0.15) is 0 Å². The molecule has 0 unspecified atom stereocenters. The molecule has 1 aromatic carbocycles. The molecule has 0 aliphatic carbocycles. The molecule has 110 valence electrons. The van der Waals surface area contributed by atoms with Gasteiger partial charge in [-0.25, -0.2) is 0 Å². The molecule has 2 rings (SSSR count). The molecule has 0 fully saturated rings. The first-order chi connectivity index (χ1) is 9.40. The van der Waals surface area contributed by atoms with Gasteiger partial charge in [0, 0.05) is 17.1 Å². The predicted molar refractivity (Wildman–Crippen MR) is 89.3 cm³/mol. The van der Waals surface area contributed by atoms with Crippen LogP contribution in [0.15, 0.2) is 24.4 Å². The van der Waals surface area contributed by atoms with Crippen molar-refractivity contribution in [2.75, 3.05) is 0 Å². The van der Waals surface area contributed by atoms with Crippen molar-refractivity contribution in [3.05, 3.63) is 35.5 Å². The first-order valence-corrected chi connectivity index (χ1v) is 8.00. The summed E-state index contributed by atoms with van der Waals surface area (Å²) < 4.78 is 0. The fourth-order valence-corrected chi connectivity index (χ4v) is 3.22. The lowest BCUT2D eigenvalue weighted by atomic mass is 9.81. The summed E-state index contributed by atoms with van der Waals surface area (Å²) in [7, 11) is 0. The minimum atomic E-state index is 0.591. The maximum Gasteiger partial charge on any atom is 0.0456 e. The maximum atomic E-state index is 3.44. The van der Waals surface area contributed by atoms with E-state index >= 15 is 0 Å². The fourth-order valence-electron chi connectivity index (χ4n) is 3.22. The summed E-state index contributed by atoms with van der Waals surface area (Å²) in [5.74, 6) is 2.80. The lowest BCUT2D eigenvalue weighted by Gasteiger charge is -2.24. The van der Waals surface area contributed by atoms with Crippen LogP contribution in [0, 0.1) is 17.8 Å². The topological polar surface area (TPSA) is 15.8 Å². The molecule has 0 radical (unpaired) electrons. The summed E-state index contributed by atoms with van der Waals surface area (Å²) in [6.07, 6.45) is 3.39. The second-order valence-electron chi connectivity index (χ2n) is 7.13. The van der Waals surface area contributed by atoms with Crippen molar-refractivity contribution in [2.45, 2.75) is 53.9 Å². The van der Waals surface area contributed by atoms with E-state index in [1.165, 1.54) is 28.5 Å². The lowest BCUT2D eigenvalue weighted by Crippen LogP contribution is -2.18. The van der Waals surface area contributed by atoms with Gasteiger partial charge in [0.15, 0.2) is 0 Å². The molecule has 0 saturated carbocycles. The second kappa shape index (κ2) is 6.03. The van der Waals surface area contributed by atoms with Crippen LogP contribution in [-0.2, 0) is 6.42 Å². The third-order valence-corrected chi connectivity index (χ3v) is 4.63. The van der Waals surface area contributed by atoms with Crippen LogP contribution in [0.1, 0.15) is 58.6 Å². The molecule has 0 aliphatic rings. The van der Waals surface area contributed by atoms with E-state index in [4.69, 9.17) is 0 Å². The molecule has 0 bridgehead atoms. The standard InChI is InChI=1S/C19H29N/c1-12(2)15-7-8-19-18(9-15)16(11-20-19)10-17(13(3)4)14(5)6/h7-9,11-14,17,20H,10H2,1-6H3. The van der Waals surface area contributed by atoms with Crippen LogP contribution >= 0.6 is 0 Å². The smallest absolute Gasteiger partial charge is 0.0456 e. The largest absolute Gasteiger partial charge is 0.361 e. The first-order valence-electron chi connectivity index (χ1n) is 8.00. The first kappa shape index (κ1) is 15.2. The highest BCUT2D eigenvalue weighted by Gasteiger charge is 2.19. The van der Waals surface area contributed by atoms with E-state index in [1.807, 2.05) is 0 Å². The Balaban J connectivity index is 2.36. The van der Waals surface area contributed by atoms with E-state index in [0.29, 0.717) is 5.92 Å². The molecule has 2 aromatic rings. The summed E-state index contributed by atoms with van der Waals surface area (Å²) in [4.78, 5) is 3.44. The molecule has 0 aliphatic heterocycles. The summed E-state index contributed by atoms with van der Waals surface area (Å²) in [6, 6.07) is 6.85. The summed E-state index contributed by atoms with van der Waals surface area (Å²) in [5.41, 5.74) is 4.19. The zero-order chi connectivity index (χ0) is 14.9. The molecular weight excluding hydrogens is 242 g/mol. The van der Waals surface area contributed by atoms with Crippen LogP contribution in [0.2, 0.25) is 0 Å². The Hall–Kier alpha value is -1.24. The summed E-state index contributed by atoms with van der Waals surface area (Å²) in [5, 5.41) is 1.42. The SMILES string of the molecule is CC(C)c1ccc2[nH]cc(CC(C(C)C)C(C)C)c2c1. The highest BCUT2D eigenvalue weighted by atomic mass is 14.7. The Bertz CT molecular complexity index is 552. The van der Waals surface area contributed by atoms with E-state index in [0.717, 1.165) is 17.8 Å². The number of aromatic nitrogens is 1. The van der Waals surface area contributed by atoms with Gasteiger partial charge in [-0.1, -0.05) is 47.6 Å². The van der Waals surface area contributed by atoms with Gasteiger partial charge in [-0.3, -0.25) is 0 Å². The van der Waals surface area contributed by atoms with Crippen LogP contribution in [0.3, 0.4) is 0 Å². The molecule has 20 heavy (non-hydrogen) atoms. The Kier molecular flexibility index (Phi) is 4.57. The molecule has 1 N–H and O–H groups in total. The average Bonchev–Trinajstić information content (AvgIpc) is 2.77. The van der Waals surface area contributed by atoms with Gasteiger partial charge in [0.25, 0.3) is 0 Å². The van der Waals surface area contributed by atoms with Gasteiger partial charge in [0.1, 0.15) is 0 Å². The molecule has 0 spiro atoms. The monoisotopic (exact) mass is 271 g/mol. The van der Waals surface area contributed by atoms with Crippen molar-refractivity contribution in [1.82, 2.24) is 4.98 Å². The van der Waals surface area contributed by atoms with Crippen LogP contribution in [0.4, 0.5) is 0 Å². The number of nitrogens with one attached hydrogen (secondary N) is 1. The second-order valence-corrected chi connectivity index (χ2v) is 7.13. The van der Waals surface area contributed by atoms with E-state index in [-0.39, 0.29) is 0 Å². The highest BCUT2D eigenvalue weighted by molar-refractivity contribution is 5.84. The van der Waals surface area contributed by atoms with Crippen molar-refractivity contribution >= 4 is 10.9 Å². The van der Waals surface area contributed by atoms with Gasteiger partial charge in [0.05, 0.1) is 0 Å². The van der Waals surface area contributed by atoms with Crippen LogP contribution in [0.25, 0.3) is 10.9 Å². The number of fused-ring (bicyclic) bond motifs is 1. The molecule has 1 heterocycles. The van der Waals surface area contributed by atoms with Crippen molar-refractivity contribution in [3.63, 3.8) is 0 Å². The van der Waals surface area contributed by atoms with Crippen LogP contribution in [0.5, 0.6) is 0 Å². The molecule has 1 aromatic heterocycles. The third kappa shape index (κ3) is 3.08. The quantitative estimate of drug-likeness (QED) is 0.711. The van der Waals surface area contributed by atoms with Crippen LogP contribution < -0.4 is 0 Å². The lowest BCUT2D eigenvalue weighted by molar-refractivity contribution is 0.287. The number of hydrogen-bond acceptors (Lipinski definition) is 0. The number of H-pyrrole nitrogens is 1. The molecule has 1 nitrogen and oxygen atoms in total. The summed E-state index contributed by atoms with van der Waals surface area (Å²) >= 11 is 0. The minimum Gasteiger partial charge on any atom is -0.361 e. The maximum absolute atomic E-state index is 3.44. The van der Waals surface area contributed by atoms with Gasteiger partial charge in [-0.05, 0) is 53.4 Å². The van der Waals surface area contributed by atoms with Crippen LogP contribution in [-0.4, -0.2) is 4.98 Å². The zero-order valence-corrected chi connectivity index (χ0v) is 13.8. The Morgan fingerprint density at radius 2 is 1.60 bits per heavy atom. The summed E-state index contributed by atoms with van der Waals surface area (Å²) in [6.45, 7) is 13.9. The van der Waals surface area contributed by atoms with Gasteiger partial charge in [0.2, 0.25) is 0 Å². The highest BCUT2D eigenvalue weighted by Crippen LogP contribution is 2.30. The van der Waals surface area contributed by atoms with Gasteiger partial charge >= 0.3 is 0 Å².